The molecule has 1 fully saturated rings. The monoisotopic (exact) mass is 354 g/mol. The van der Waals surface area contributed by atoms with Crippen molar-refractivity contribution in [1.29, 1.82) is 0 Å². The number of hydrogen-bond acceptors (Lipinski definition) is 6. The highest BCUT2D eigenvalue weighted by Gasteiger charge is 2.23. The van der Waals surface area contributed by atoms with Gasteiger partial charge in [-0.3, -0.25) is 0 Å². The number of aryl methyl sites for hydroxylation is 1. The smallest absolute Gasteiger partial charge is 0.163 e. The lowest BCUT2D eigenvalue weighted by molar-refractivity contribution is 0.171. The van der Waals surface area contributed by atoms with E-state index >= 15 is 0 Å². The first kappa shape index (κ1) is 16.9. The summed E-state index contributed by atoms with van der Waals surface area (Å²) in [5.74, 6) is 4.17. The fraction of sp³-hybridized carbons (Fsp3) is 0.500. The first-order valence-corrected chi connectivity index (χ1v) is 9.52. The van der Waals surface area contributed by atoms with Crippen molar-refractivity contribution < 1.29 is 9.47 Å². The van der Waals surface area contributed by atoms with Gasteiger partial charge in [-0.1, -0.05) is 6.92 Å². The number of rotatable bonds is 4. The van der Waals surface area contributed by atoms with Gasteiger partial charge in [-0.25, -0.2) is 9.97 Å². The van der Waals surface area contributed by atoms with Crippen molar-refractivity contribution in [2.45, 2.75) is 45.6 Å². The highest BCUT2D eigenvalue weighted by atomic mass is 16.6. The van der Waals surface area contributed by atoms with E-state index < -0.39 is 0 Å². The molecule has 6 nitrogen and oxygen atoms in total. The lowest BCUT2D eigenvalue weighted by Gasteiger charge is -2.36. The average molecular weight is 354 g/mol. The Morgan fingerprint density at radius 3 is 2.81 bits per heavy atom. The number of ether oxygens (including phenoxy) is 2. The van der Waals surface area contributed by atoms with Crippen molar-refractivity contribution in [3.63, 3.8) is 0 Å². The van der Waals surface area contributed by atoms with E-state index in [2.05, 4.69) is 28.2 Å². The van der Waals surface area contributed by atoms with E-state index in [0.29, 0.717) is 19.3 Å². The normalized spacial score (nSPS) is 19.3. The molecule has 1 aromatic carbocycles. The molecule has 2 aromatic rings. The molecule has 26 heavy (non-hydrogen) atoms. The van der Waals surface area contributed by atoms with Crippen LogP contribution in [0.4, 0.5) is 17.3 Å². The summed E-state index contributed by atoms with van der Waals surface area (Å²) in [6, 6.07) is 8.50. The first-order chi connectivity index (χ1) is 12.7. The molecule has 1 saturated heterocycles. The van der Waals surface area contributed by atoms with Crippen molar-refractivity contribution in [3.8, 4) is 11.5 Å². The topological polar surface area (TPSA) is 59.5 Å². The van der Waals surface area contributed by atoms with Gasteiger partial charge < -0.3 is 19.7 Å². The van der Waals surface area contributed by atoms with E-state index in [1.54, 1.807) is 0 Å². The molecule has 3 heterocycles. The van der Waals surface area contributed by atoms with Crippen molar-refractivity contribution in [2.24, 2.45) is 0 Å². The summed E-state index contributed by atoms with van der Waals surface area (Å²) >= 11 is 0. The molecule has 4 rings (SSSR count). The summed E-state index contributed by atoms with van der Waals surface area (Å²) in [6.07, 6.45) is 4.92. The van der Waals surface area contributed by atoms with Gasteiger partial charge in [0.05, 0.1) is 0 Å². The Balaban J connectivity index is 1.58. The minimum absolute atomic E-state index is 0.570. The number of anilines is 3. The molecule has 2 aliphatic rings. The van der Waals surface area contributed by atoms with E-state index in [0.717, 1.165) is 47.6 Å². The summed E-state index contributed by atoms with van der Waals surface area (Å²) in [5, 5.41) is 3.39. The SMILES string of the molecule is CCC1CCCCN1c1cc(Nc2ccc3c(c2)OCCO3)nc(C)n1. The molecule has 0 amide bonds. The van der Waals surface area contributed by atoms with Gasteiger partial charge >= 0.3 is 0 Å². The third kappa shape index (κ3) is 3.54. The Morgan fingerprint density at radius 1 is 1.12 bits per heavy atom. The van der Waals surface area contributed by atoms with Gasteiger partial charge in [-0.05, 0) is 44.7 Å². The lowest BCUT2D eigenvalue weighted by Crippen LogP contribution is -2.39. The van der Waals surface area contributed by atoms with E-state index in [1.165, 1.54) is 19.3 Å². The Morgan fingerprint density at radius 2 is 1.96 bits per heavy atom. The molecule has 1 aromatic heterocycles. The van der Waals surface area contributed by atoms with E-state index in [9.17, 15) is 0 Å². The second kappa shape index (κ2) is 7.40. The number of aromatic nitrogens is 2. The van der Waals surface area contributed by atoms with Crippen molar-refractivity contribution in [2.75, 3.05) is 30.0 Å². The number of piperidine rings is 1. The number of nitrogens with one attached hydrogen (secondary N) is 1. The molecule has 138 valence electrons. The van der Waals surface area contributed by atoms with Crippen LogP contribution in [0.25, 0.3) is 0 Å². The molecule has 1 atom stereocenters. The number of fused-ring (bicyclic) bond motifs is 1. The quantitative estimate of drug-likeness (QED) is 0.893. The summed E-state index contributed by atoms with van der Waals surface area (Å²) < 4.78 is 11.3. The molecule has 0 bridgehead atoms. The standard InChI is InChI=1S/C20H26N4O2/c1-3-16-6-4-5-9-24(16)20-13-19(21-14(2)22-20)23-15-7-8-17-18(12-15)26-11-10-25-17/h7-8,12-13,16H,3-6,9-11H2,1-2H3,(H,21,22,23). The summed E-state index contributed by atoms with van der Waals surface area (Å²) in [6.45, 7) is 6.45. The zero-order chi connectivity index (χ0) is 17.9. The third-order valence-corrected chi connectivity index (χ3v) is 5.03. The predicted molar refractivity (Wildman–Crippen MR) is 103 cm³/mol. The Labute approximate surface area is 154 Å². The van der Waals surface area contributed by atoms with Gasteiger partial charge in [0.1, 0.15) is 30.7 Å². The van der Waals surface area contributed by atoms with E-state index in [1.807, 2.05) is 25.1 Å². The lowest BCUT2D eigenvalue weighted by atomic mass is 10.00. The molecule has 0 radical (unpaired) electrons. The fourth-order valence-corrected chi connectivity index (χ4v) is 3.76. The maximum absolute atomic E-state index is 5.67. The zero-order valence-corrected chi connectivity index (χ0v) is 15.5. The van der Waals surface area contributed by atoms with Gasteiger partial charge in [-0.15, -0.1) is 0 Å². The Kier molecular flexibility index (Phi) is 4.82. The Hall–Kier alpha value is -2.50. The molecule has 1 unspecified atom stereocenters. The molecule has 2 aliphatic heterocycles. The largest absolute Gasteiger partial charge is 0.486 e. The van der Waals surface area contributed by atoms with Gasteiger partial charge in [0, 0.05) is 30.4 Å². The van der Waals surface area contributed by atoms with Crippen LogP contribution in [0.15, 0.2) is 24.3 Å². The second-order valence-electron chi connectivity index (χ2n) is 6.89. The van der Waals surface area contributed by atoms with Crippen molar-refractivity contribution in [1.82, 2.24) is 9.97 Å². The van der Waals surface area contributed by atoms with Crippen LogP contribution in [0.5, 0.6) is 11.5 Å². The fourth-order valence-electron chi connectivity index (χ4n) is 3.76. The molecule has 0 spiro atoms. The van der Waals surface area contributed by atoms with E-state index in [4.69, 9.17) is 14.5 Å². The molecule has 0 saturated carbocycles. The third-order valence-electron chi connectivity index (χ3n) is 5.03. The number of benzene rings is 1. The van der Waals surface area contributed by atoms with Crippen molar-refractivity contribution in [3.05, 3.63) is 30.1 Å². The van der Waals surface area contributed by atoms with Crippen LogP contribution in [-0.2, 0) is 0 Å². The number of hydrogen-bond donors (Lipinski definition) is 1. The van der Waals surface area contributed by atoms with Crippen LogP contribution in [0.2, 0.25) is 0 Å². The van der Waals surface area contributed by atoms with Gasteiger partial charge in [0.2, 0.25) is 0 Å². The van der Waals surface area contributed by atoms with Crippen LogP contribution in [0, 0.1) is 6.92 Å². The van der Waals surface area contributed by atoms with Crippen molar-refractivity contribution >= 4 is 17.3 Å². The summed E-state index contributed by atoms with van der Waals surface area (Å²) in [4.78, 5) is 11.7. The molecule has 0 aliphatic carbocycles. The minimum atomic E-state index is 0.570. The minimum Gasteiger partial charge on any atom is -0.486 e. The number of nitrogens with zero attached hydrogens (tertiary/aromatic N) is 3. The maximum atomic E-state index is 5.67. The average Bonchev–Trinajstić information content (AvgIpc) is 2.67. The van der Waals surface area contributed by atoms with Crippen LogP contribution in [0.3, 0.4) is 0 Å². The van der Waals surface area contributed by atoms with Crippen LogP contribution >= 0.6 is 0 Å². The molecular formula is C20H26N4O2. The Bertz CT molecular complexity index is 780. The van der Waals surface area contributed by atoms with Gasteiger partial charge in [0.15, 0.2) is 11.5 Å². The highest BCUT2D eigenvalue weighted by molar-refractivity contribution is 5.63. The van der Waals surface area contributed by atoms with Crippen LogP contribution < -0.4 is 19.7 Å². The van der Waals surface area contributed by atoms with Crippen LogP contribution in [-0.4, -0.2) is 35.8 Å². The van der Waals surface area contributed by atoms with Crippen LogP contribution in [0.1, 0.15) is 38.4 Å². The summed E-state index contributed by atoms with van der Waals surface area (Å²) in [5.41, 5.74) is 0.934. The molecular weight excluding hydrogens is 328 g/mol. The molecule has 6 heteroatoms. The molecule has 1 N–H and O–H groups in total. The van der Waals surface area contributed by atoms with E-state index in [-0.39, 0.29) is 0 Å². The second-order valence-corrected chi connectivity index (χ2v) is 6.89. The van der Waals surface area contributed by atoms with Gasteiger partial charge in [-0.2, -0.15) is 0 Å². The first-order valence-electron chi connectivity index (χ1n) is 9.52. The maximum Gasteiger partial charge on any atom is 0.163 e. The van der Waals surface area contributed by atoms with Gasteiger partial charge in [0.25, 0.3) is 0 Å². The predicted octanol–water partition coefficient (Wildman–Crippen LogP) is 4.07. The highest BCUT2D eigenvalue weighted by Crippen LogP contribution is 2.34. The zero-order valence-electron chi connectivity index (χ0n) is 15.5. The summed E-state index contributed by atoms with van der Waals surface area (Å²) in [7, 11) is 0.